The third-order valence-corrected chi connectivity index (χ3v) is 3.80. The summed E-state index contributed by atoms with van der Waals surface area (Å²) in [7, 11) is 0. The van der Waals surface area contributed by atoms with E-state index in [-0.39, 0.29) is 0 Å². The van der Waals surface area contributed by atoms with Gasteiger partial charge in [-0.15, -0.1) is 0 Å². The lowest BCUT2D eigenvalue weighted by molar-refractivity contribution is 0.105. The van der Waals surface area contributed by atoms with Crippen molar-refractivity contribution in [3.63, 3.8) is 0 Å². The van der Waals surface area contributed by atoms with Gasteiger partial charge in [-0.05, 0) is 30.7 Å². The predicted molar refractivity (Wildman–Crippen MR) is 83.3 cm³/mol. The molecule has 0 fully saturated rings. The monoisotopic (exact) mass is 337 g/mol. The SMILES string of the molecule is CCCNCc1occc1COCc1ccccc1Br. The topological polar surface area (TPSA) is 34.4 Å². The van der Waals surface area contributed by atoms with Crippen molar-refractivity contribution in [2.75, 3.05) is 6.54 Å². The van der Waals surface area contributed by atoms with Crippen LogP contribution in [0, 0.1) is 0 Å². The molecule has 0 radical (unpaired) electrons. The third-order valence-electron chi connectivity index (χ3n) is 3.02. The fourth-order valence-corrected chi connectivity index (χ4v) is 2.32. The number of furan rings is 1. The lowest BCUT2D eigenvalue weighted by atomic mass is 10.2. The van der Waals surface area contributed by atoms with Crippen LogP contribution < -0.4 is 5.32 Å². The standard InChI is InChI=1S/C16H20BrNO2/c1-2-8-18-10-16-14(7-9-20-16)12-19-11-13-5-3-4-6-15(13)17/h3-7,9,18H,2,8,10-12H2,1H3. The first-order valence-corrected chi connectivity index (χ1v) is 7.67. The average molecular weight is 338 g/mol. The summed E-state index contributed by atoms with van der Waals surface area (Å²) in [5.74, 6) is 0.963. The number of ether oxygens (including phenoxy) is 1. The van der Waals surface area contributed by atoms with Gasteiger partial charge in [0.05, 0.1) is 26.0 Å². The molecule has 0 saturated carbocycles. The fraction of sp³-hybridized carbons (Fsp3) is 0.375. The molecule has 3 nitrogen and oxygen atoms in total. The van der Waals surface area contributed by atoms with Crippen molar-refractivity contribution in [3.8, 4) is 0 Å². The Bertz CT molecular complexity index is 525. The van der Waals surface area contributed by atoms with Crippen LogP contribution in [-0.2, 0) is 24.5 Å². The summed E-state index contributed by atoms with van der Waals surface area (Å²) in [4.78, 5) is 0. The Morgan fingerprint density at radius 3 is 2.75 bits per heavy atom. The minimum atomic E-state index is 0.570. The summed E-state index contributed by atoms with van der Waals surface area (Å²) in [5, 5.41) is 3.34. The molecule has 0 atom stereocenters. The molecule has 108 valence electrons. The zero-order valence-corrected chi connectivity index (χ0v) is 13.3. The Morgan fingerprint density at radius 2 is 1.95 bits per heavy atom. The molecule has 0 amide bonds. The molecule has 2 rings (SSSR count). The largest absolute Gasteiger partial charge is 0.468 e. The molecule has 0 saturated heterocycles. The van der Waals surface area contributed by atoms with E-state index in [9.17, 15) is 0 Å². The predicted octanol–water partition coefficient (Wildman–Crippen LogP) is 4.26. The van der Waals surface area contributed by atoms with E-state index in [2.05, 4.69) is 34.2 Å². The van der Waals surface area contributed by atoms with Crippen LogP contribution in [0.2, 0.25) is 0 Å². The Morgan fingerprint density at radius 1 is 1.15 bits per heavy atom. The number of rotatable bonds is 8. The molecular formula is C16H20BrNO2. The van der Waals surface area contributed by atoms with Gasteiger partial charge in [0, 0.05) is 10.0 Å². The van der Waals surface area contributed by atoms with E-state index in [4.69, 9.17) is 9.15 Å². The molecule has 0 spiro atoms. The van der Waals surface area contributed by atoms with Gasteiger partial charge in [0.25, 0.3) is 0 Å². The minimum absolute atomic E-state index is 0.570. The van der Waals surface area contributed by atoms with Gasteiger partial charge in [-0.3, -0.25) is 0 Å². The van der Waals surface area contributed by atoms with E-state index in [1.807, 2.05) is 24.3 Å². The second-order valence-corrected chi connectivity index (χ2v) is 5.48. The molecule has 20 heavy (non-hydrogen) atoms. The molecule has 1 heterocycles. The summed E-state index contributed by atoms with van der Waals surface area (Å²) in [5.41, 5.74) is 2.27. The highest BCUT2D eigenvalue weighted by Crippen LogP contribution is 2.18. The van der Waals surface area contributed by atoms with Crippen molar-refractivity contribution in [2.24, 2.45) is 0 Å². The third kappa shape index (κ3) is 4.47. The quantitative estimate of drug-likeness (QED) is 0.731. The number of benzene rings is 1. The van der Waals surface area contributed by atoms with E-state index >= 15 is 0 Å². The van der Waals surface area contributed by atoms with Gasteiger partial charge in [0.1, 0.15) is 5.76 Å². The number of nitrogens with one attached hydrogen (secondary N) is 1. The maximum absolute atomic E-state index is 5.77. The summed E-state index contributed by atoms with van der Waals surface area (Å²) in [6, 6.07) is 10.1. The Kier molecular flexibility index (Phi) is 6.30. The van der Waals surface area contributed by atoms with Gasteiger partial charge in [-0.2, -0.15) is 0 Å². The smallest absolute Gasteiger partial charge is 0.123 e. The lowest BCUT2D eigenvalue weighted by Crippen LogP contribution is -2.14. The first kappa shape index (κ1) is 15.3. The first-order valence-electron chi connectivity index (χ1n) is 6.88. The molecule has 1 aromatic carbocycles. The molecule has 1 N–H and O–H groups in total. The van der Waals surface area contributed by atoms with Crippen molar-refractivity contribution >= 4 is 15.9 Å². The van der Waals surface area contributed by atoms with Crippen molar-refractivity contribution in [3.05, 3.63) is 58.0 Å². The molecule has 0 unspecified atom stereocenters. The molecule has 0 aliphatic carbocycles. The van der Waals surface area contributed by atoms with E-state index in [0.29, 0.717) is 13.2 Å². The van der Waals surface area contributed by atoms with Gasteiger partial charge in [0.2, 0.25) is 0 Å². The zero-order valence-electron chi connectivity index (χ0n) is 11.7. The Labute approximate surface area is 128 Å². The molecular weight excluding hydrogens is 318 g/mol. The maximum atomic E-state index is 5.77. The lowest BCUT2D eigenvalue weighted by Gasteiger charge is -2.07. The minimum Gasteiger partial charge on any atom is -0.468 e. The summed E-state index contributed by atoms with van der Waals surface area (Å²) in [6.45, 7) is 5.07. The fourth-order valence-electron chi connectivity index (χ4n) is 1.92. The van der Waals surface area contributed by atoms with Crippen LogP contribution in [0.25, 0.3) is 0 Å². The normalized spacial score (nSPS) is 10.9. The number of hydrogen-bond donors (Lipinski definition) is 1. The zero-order chi connectivity index (χ0) is 14.2. The van der Waals surface area contributed by atoms with Gasteiger partial charge in [0.15, 0.2) is 0 Å². The summed E-state index contributed by atoms with van der Waals surface area (Å²) < 4.78 is 12.3. The summed E-state index contributed by atoms with van der Waals surface area (Å²) in [6.07, 6.45) is 2.84. The van der Waals surface area contributed by atoms with Crippen LogP contribution in [0.5, 0.6) is 0 Å². The van der Waals surface area contributed by atoms with Crippen LogP contribution >= 0.6 is 15.9 Å². The molecule has 0 aliphatic rings. The molecule has 2 aromatic rings. The number of halogens is 1. The number of hydrogen-bond acceptors (Lipinski definition) is 3. The van der Waals surface area contributed by atoms with E-state index in [1.54, 1.807) is 6.26 Å². The van der Waals surface area contributed by atoms with E-state index < -0.39 is 0 Å². The maximum Gasteiger partial charge on any atom is 0.123 e. The van der Waals surface area contributed by atoms with Gasteiger partial charge in [-0.1, -0.05) is 41.1 Å². The Hall–Kier alpha value is -1.10. The average Bonchev–Trinajstić information content (AvgIpc) is 2.89. The van der Waals surface area contributed by atoms with Crippen molar-refractivity contribution in [2.45, 2.75) is 33.1 Å². The molecule has 1 aromatic heterocycles. The second kappa shape index (κ2) is 8.25. The van der Waals surface area contributed by atoms with Crippen molar-refractivity contribution < 1.29 is 9.15 Å². The molecule has 0 bridgehead atoms. The van der Waals surface area contributed by atoms with E-state index in [1.165, 1.54) is 0 Å². The van der Waals surface area contributed by atoms with Crippen LogP contribution in [0.3, 0.4) is 0 Å². The van der Waals surface area contributed by atoms with Crippen LogP contribution in [0.15, 0.2) is 45.5 Å². The van der Waals surface area contributed by atoms with Crippen LogP contribution in [0.4, 0.5) is 0 Å². The first-order chi connectivity index (χ1) is 9.81. The highest BCUT2D eigenvalue weighted by atomic mass is 79.9. The van der Waals surface area contributed by atoms with E-state index in [0.717, 1.165) is 40.9 Å². The Balaban J connectivity index is 1.82. The van der Waals surface area contributed by atoms with Gasteiger partial charge in [-0.25, -0.2) is 0 Å². The van der Waals surface area contributed by atoms with Crippen LogP contribution in [-0.4, -0.2) is 6.54 Å². The summed E-state index contributed by atoms with van der Waals surface area (Å²) >= 11 is 3.52. The van der Waals surface area contributed by atoms with Crippen molar-refractivity contribution in [1.29, 1.82) is 0 Å². The van der Waals surface area contributed by atoms with Crippen LogP contribution in [0.1, 0.15) is 30.2 Å². The highest BCUT2D eigenvalue weighted by molar-refractivity contribution is 9.10. The van der Waals surface area contributed by atoms with Gasteiger partial charge >= 0.3 is 0 Å². The molecule has 4 heteroatoms. The second-order valence-electron chi connectivity index (χ2n) is 4.63. The molecule has 0 aliphatic heterocycles. The van der Waals surface area contributed by atoms with Gasteiger partial charge < -0.3 is 14.5 Å². The van der Waals surface area contributed by atoms with Crippen molar-refractivity contribution in [1.82, 2.24) is 5.32 Å². The highest BCUT2D eigenvalue weighted by Gasteiger charge is 2.06.